The van der Waals surface area contributed by atoms with Crippen LogP contribution >= 0.6 is 0 Å². The van der Waals surface area contributed by atoms with E-state index in [4.69, 9.17) is 0 Å². The van der Waals surface area contributed by atoms with Gasteiger partial charge < -0.3 is 25.7 Å². The number of carbonyl (C=O) groups excluding carboxylic acids is 1. The first-order valence-corrected chi connectivity index (χ1v) is 15.2. The van der Waals surface area contributed by atoms with Crippen molar-refractivity contribution < 1.29 is 25.2 Å². The Hall–Kier alpha value is -1.79. The maximum absolute atomic E-state index is 12.6. The summed E-state index contributed by atoms with van der Waals surface area (Å²) in [6.45, 7) is 7.79. The van der Waals surface area contributed by atoms with Crippen LogP contribution < -0.4 is 5.32 Å². The van der Waals surface area contributed by atoms with Crippen molar-refractivity contribution >= 4 is 5.91 Å². The van der Waals surface area contributed by atoms with Crippen molar-refractivity contribution in [1.82, 2.24) is 5.32 Å². The smallest absolute Gasteiger partial charge is 0.220 e. The molecule has 0 aromatic heterocycles. The van der Waals surface area contributed by atoms with Gasteiger partial charge >= 0.3 is 0 Å². The van der Waals surface area contributed by atoms with E-state index in [2.05, 4.69) is 26.1 Å². The molecule has 4 saturated carbocycles. The molecule has 6 nitrogen and oxygen atoms in total. The van der Waals surface area contributed by atoms with Crippen LogP contribution in [0.15, 0.2) is 18.2 Å². The molecule has 0 saturated heterocycles. The minimum absolute atomic E-state index is 0.0735. The molecule has 0 radical (unpaired) electrons. The fraction of sp³-hybridized carbons (Fsp3) is 0.781. The van der Waals surface area contributed by atoms with Crippen molar-refractivity contribution in [2.75, 3.05) is 6.54 Å². The maximum Gasteiger partial charge on any atom is 0.220 e. The molecule has 0 bridgehead atoms. The molecule has 1 aromatic rings. The summed E-state index contributed by atoms with van der Waals surface area (Å²) in [7, 11) is 0. The number of fused-ring (bicyclic) bond motifs is 5. The zero-order valence-corrected chi connectivity index (χ0v) is 23.5. The van der Waals surface area contributed by atoms with Crippen LogP contribution in [-0.2, 0) is 11.2 Å². The number of aliphatic hydroxyl groups excluding tert-OH is 2. The monoisotopic (exact) mass is 527 g/mol. The van der Waals surface area contributed by atoms with Gasteiger partial charge in [-0.05, 0) is 128 Å². The second-order valence-electron chi connectivity index (χ2n) is 13.9. The lowest BCUT2D eigenvalue weighted by atomic mass is 9.43. The van der Waals surface area contributed by atoms with Crippen molar-refractivity contribution in [2.24, 2.45) is 46.3 Å². The van der Waals surface area contributed by atoms with E-state index in [-0.39, 0.29) is 40.4 Å². The molecule has 38 heavy (non-hydrogen) atoms. The third kappa shape index (κ3) is 4.96. The highest BCUT2D eigenvalue weighted by atomic mass is 16.3. The van der Waals surface area contributed by atoms with Crippen LogP contribution in [0, 0.1) is 46.3 Å². The minimum atomic E-state index is -0.247. The van der Waals surface area contributed by atoms with Crippen molar-refractivity contribution in [2.45, 2.75) is 104 Å². The van der Waals surface area contributed by atoms with Gasteiger partial charge in [-0.3, -0.25) is 4.79 Å². The Morgan fingerprint density at radius 2 is 1.74 bits per heavy atom. The van der Waals surface area contributed by atoms with Crippen LogP contribution in [0.1, 0.15) is 90.5 Å². The zero-order valence-electron chi connectivity index (χ0n) is 23.5. The number of nitrogens with one attached hydrogen (secondary N) is 1. The Morgan fingerprint density at radius 3 is 2.50 bits per heavy atom. The molecule has 0 aliphatic heterocycles. The van der Waals surface area contributed by atoms with Crippen LogP contribution in [0.4, 0.5) is 0 Å². The zero-order chi connectivity index (χ0) is 27.2. The molecular formula is C32H49NO5. The number of amides is 1. The van der Waals surface area contributed by atoms with E-state index >= 15 is 0 Å². The Morgan fingerprint density at radius 1 is 1.00 bits per heavy atom. The first-order valence-electron chi connectivity index (χ1n) is 15.2. The lowest BCUT2D eigenvalue weighted by molar-refractivity contribution is -0.174. The molecular weight excluding hydrogens is 478 g/mol. The van der Waals surface area contributed by atoms with Crippen molar-refractivity contribution in [1.29, 1.82) is 0 Å². The number of rotatable bonds is 7. The van der Waals surface area contributed by atoms with Crippen LogP contribution in [0.25, 0.3) is 0 Å². The maximum atomic E-state index is 12.6. The number of aromatic hydroxyl groups is 2. The summed E-state index contributed by atoms with van der Waals surface area (Å²) in [5, 5.41) is 43.9. The van der Waals surface area contributed by atoms with Crippen molar-refractivity contribution in [3.05, 3.63) is 23.8 Å². The summed E-state index contributed by atoms with van der Waals surface area (Å²) >= 11 is 0. The van der Waals surface area contributed by atoms with E-state index in [9.17, 15) is 25.2 Å². The van der Waals surface area contributed by atoms with E-state index in [1.54, 1.807) is 6.07 Å². The number of aliphatic hydroxyl groups is 2. The van der Waals surface area contributed by atoms with Crippen LogP contribution in [-0.4, -0.2) is 45.1 Å². The highest BCUT2D eigenvalue weighted by Gasteiger charge is 2.62. The van der Waals surface area contributed by atoms with E-state index in [0.717, 1.165) is 37.7 Å². The molecule has 0 unspecified atom stereocenters. The second kappa shape index (κ2) is 10.6. The van der Waals surface area contributed by atoms with Gasteiger partial charge in [-0.1, -0.05) is 26.8 Å². The molecule has 10 atom stereocenters. The fourth-order valence-electron chi connectivity index (χ4n) is 9.89. The Labute approximate surface area is 228 Å². The second-order valence-corrected chi connectivity index (χ2v) is 13.9. The summed E-state index contributed by atoms with van der Waals surface area (Å²) in [6.07, 6.45) is 10.1. The van der Waals surface area contributed by atoms with Gasteiger partial charge in [0.2, 0.25) is 5.91 Å². The van der Waals surface area contributed by atoms with Crippen LogP contribution in [0.2, 0.25) is 0 Å². The van der Waals surface area contributed by atoms with Crippen LogP contribution in [0.3, 0.4) is 0 Å². The number of hydrogen-bond donors (Lipinski definition) is 5. The highest BCUT2D eigenvalue weighted by Crippen LogP contribution is 2.68. The summed E-state index contributed by atoms with van der Waals surface area (Å²) < 4.78 is 0. The molecule has 4 fully saturated rings. The lowest BCUT2D eigenvalue weighted by Gasteiger charge is -2.62. The standard InChI is InChI=1S/C32H49NO5/c1-19(4-9-29(38)33-15-12-20-5-8-26(35)27(36)16-20)23-6-7-24-30-25(11-14-32(23,24)3)31(2)13-10-22(34)17-21(31)18-28(30)37/h5,8,16,19,21-25,28,30,34-37H,4,6-7,9-15,17-18H2,1-3H3,(H,33,38)/t19-,21+,22-,23-,24+,25+,28-,30+,31+,32-/m1/s1. The average molecular weight is 528 g/mol. The van der Waals surface area contributed by atoms with E-state index in [1.807, 2.05) is 0 Å². The quantitative estimate of drug-likeness (QED) is 0.315. The van der Waals surface area contributed by atoms with Gasteiger partial charge in [-0.15, -0.1) is 0 Å². The van der Waals surface area contributed by atoms with Gasteiger partial charge in [-0.25, -0.2) is 0 Å². The molecule has 0 heterocycles. The minimum Gasteiger partial charge on any atom is -0.504 e. The molecule has 212 valence electrons. The SMILES string of the molecule is C[C@H](CCC(=O)NCCc1ccc(O)c(O)c1)[C@H]1CC[C@H]2[C@@H]3[C@H](O)C[C@@H]4C[C@H](O)CC[C@]4(C)[C@H]3CC[C@]12C. The van der Waals surface area contributed by atoms with Crippen molar-refractivity contribution in [3.8, 4) is 11.5 Å². The number of benzene rings is 1. The molecule has 5 N–H and O–H groups in total. The summed E-state index contributed by atoms with van der Waals surface area (Å²) in [4.78, 5) is 12.6. The number of carbonyl (C=O) groups is 1. The third-order valence-electron chi connectivity index (χ3n) is 12.0. The molecule has 0 spiro atoms. The lowest BCUT2D eigenvalue weighted by Crippen LogP contribution is -2.58. The van der Waals surface area contributed by atoms with Crippen LogP contribution in [0.5, 0.6) is 11.5 Å². The van der Waals surface area contributed by atoms with Crippen molar-refractivity contribution in [3.63, 3.8) is 0 Å². The average Bonchev–Trinajstić information content (AvgIpc) is 3.23. The topological polar surface area (TPSA) is 110 Å². The first-order chi connectivity index (χ1) is 18.0. The summed E-state index contributed by atoms with van der Waals surface area (Å²) in [6, 6.07) is 4.77. The molecule has 1 aromatic carbocycles. The Bertz CT molecular complexity index is 1010. The van der Waals surface area contributed by atoms with E-state index in [1.165, 1.54) is 37.8 Å². The van der Waals surface area contributed by atoms with Gasteiger partial charge in [0.25, 0.3) is 0 Å². The molecule has 6 heteroatoms. The largest absolute Gasteiger partial charge is 0.504 e. The molecule has 1 amide bonds. The highest BCUT2D eigenvalue weighted by molar-refractivity contribution is 5.75. The van der Waals surface area contributed by atoms with E-state index < -0.39 is 0 Å². The number of phenols is 2. The van der Waals surface area contributed by atoms with Gasteiger partial charge in [0.1, 0.15) is 0 Å². The Balaban J connectivity index is 1.15. The summed E-state index contributed by atoms with van der Waals surface area (Å²) in [5.41, 5.74) is 1.37. The van der Waals surface area contributed by atoms with Gasteiger partial charge in [0, 0.05) is 13.0 Å². The van der Waals surface area contributed by atoms with Gasteiger partial charge in [0.15, 0.2) is 11.5 Å². The number of phenolic OH excluding ortho intramolecular Hbond substituents is 2. The Kier molecular flexibility index (Phi) is 7.78. The van der Waals surface area contributed by atoms with Gasteiger partial charge in [0.05, 0.1) is 12.2 Å². The number of hydrogen-bond acceptors (Lipinski definition) is 5. The molecule has 4 aliphatic rings. The fourth-order valence-corrected chi connectivity index (χ4v) is 9.89. The predicted molar refractivity (Wildman–Crippen MR) is 147 cm³/mol. The first kappa shape index (κ1) is 27.8. The van der Waals surface area contributed by atoms with E-state index in [0.29, 0.717) is 54.9 Å². The normalized spacial score (nSPS) is 41.0. The summed E-state index contributed by atoms with van der Waals surface area (Å²) in [5.74, 6) is 2.82. The predicted octanol–water partition coefficient (Wildman–Crippen LogP) is 5.16. The molecule has 4 aliphatic carbocycles. The third-order valence-corrected chi connectivity index (χ3v) is 12.0. The molecule has 5 rings (SSSR count). The van der Waals surface area contributed by atoms with Gasteiger partial charge in [-0.2, -0.15) is 0 Å².